The van der Waals surface area contributed by atoms with Crippen molar-refractivity contribution in [1.82, 2.24) is 0 Å². The number of hydrogen-bond acceptors (Lipinski definition) is 0. The van der Waals surface area contributed by atoms with Gasteiger partial charge in [-0.2, -0.15) is 0 Å². The maximum atomic E-state index is 16.2. The zero-order valence-electron chi connectivity index (χ0n) is 22.7. The molecule has 198 valence electrons. The molecule has 0 heterocycles. The monoisotopic (exact) mass is 534 g/mol. The Kier molecular flexibility index (Phi) is 5.38. The molecule has 5 aromatic rings. The molecule has 40 heavy (non-hydrogen) atoms. The summed E-state index contributed by atoms with van der Waals surface area (Å²) in [5, 5.41) is 0. The first-order chi connectivity index (χ1) is 19.2. The molecule has 2 aliphatic carbocycles. The highest BCUT2D eigenvalue weighted by atomic mass is 19.2. The Morgan fingerprint density at radius 3 is 1.18 bits per heavy atom. The quantitative estimate of drug-likeness (QED) is 0.153. The maximum Gasteiger partial charge on any atom is 0.170 e. The first-order valence-corrected chi connectivity index (χ1v) is 13.5. The lowest BCUT2D eigenvalue weighted by atomic mass is 9.84. The van der Waals surface area contributed by atoms with Crippen molar-refractivity contribution < 1.29 is 17.6 Å². The zero-order valence-corrected chi connectivity index (χ0v) is 22.7. The van der Waals surface area contributed by atoms with Gasteiger partial charge in [0.2, 0.25) is 0 Å². The Balaban J connectivity index is 1.51. The van der Waals surface area contributed by atoms with Crippen LogP contribution in [0.15, 0.2) is 60.7 Å². The van der Waals surface area contributed by atoms with Crippen molar-refractivity contribution in [2.45, 2.75) is 40.5 Å². The number of rotatable bonds is 2. The molecule has 7 rings (SSSR count). The van der Waals surface area contributed by atoms with Crippen molar-refractivity contribution >= 4 is 0 Å². The van der Waals surface area contributed by atoms with Crippen LogP contribution in [0.25, 0.3) is 44.5 Å². The van der Waals surface area contributed by atoms with Crippen LogP contribution in [-0.2, 0) is 12.8 Å². The van der Waals surface area contributed by atoms with Crippen LogP contribution >= 0.6 is 0 Å². The van der Waals surface area contributed by atoms with Crippen LogP contribution in [0.4, 0.5) is 17.6 Å². The molecule has 0 nitrogen and oxygen atoms in total. The van der Waals surface area contributed by atoms with Gasteiger partial charge in [-0.15, -0.1) is 0 Å². The van der Waals surface area contributed by atoms with Gasteiger partial charge >= 0.3 is 0 Å². The van der Waals surface area contributed by atoms with Gasteiger partial charge in [-0.25, -0.2) is 17.6 Å². The predicted molar refractivity (Wildman–Crippen MR) is 153 cm³/mol. The van der Waals surface area contributed by atoms with Gasteiger partial charge in [0.05, 0.1) is 11.1 Å². The third-order valence-corrected chi connectivity index (χ3v) is 9.02. The van der Waals surface area contributed by atoms with Gasteiger partial charge in [0.1, 0.15) is 0 Å². The van der Waals surface area contributed by atoms with Gasteiger partial charge in [0.25, 0.3) is 0 Å². The van der Waals surface area contributed by atoms with Crippen molar-refractivity contribution in [2.24, 2.45) is 0 Å². The molecule has 0 N–H and O–H groups in total. The Bertz CT molecular complexity index is 1760. The molecule has 0 amide bonds. The molecule has 2 aliphatic rings. The Labute approximate surface area is 230 Å². The third-order valence-electron chi connectivity index (χ3n) is 9.02. The van der Waals surface area contributed by atoms with E-state index in [1.165, 1.54) is 0 Å². The fourth-order valence-electron chi connectivity index (χ4n) is 6.79. The van der Waals surface area contributed by atoms with Crippen LogP contribution in [0.2, 0.25) is 0 Å². The molecule has 0 unspecified atom stereocenters. The van der Waals surface area contributed by atoms with Crippen LogP contribution in [0.3, 0.4) is 0 Å². The lowest BCUT2D eigenvalue weighted by molar-refractivity contribution is 0.462. The van der Waals surface area contributed by atoms with Crippen molar-refractivity contribution in [3.05, 3.63) is 128 Å². The molecule has 0 aromatic heterocycles. The van der Waals surface area contributed by atoms with Gasteiger partial charge in [0.15, 0.2) is 23.3 Å². The standard InChI is InChI=1S/C36H26F4/c1-17-13-25-23-11-7-5-9-21(23)15-27(25)29(19(17)3)31-33(37)35(39)32(36(40)34(31)38)30-20(4)18(2)14-26-24-12-8-6-10-22(24)16-28(26)30/h5-14H,15-16H2,1-4H3. The van der Waals surface area contributed by atoms with E-state index >= 15 is 17.6 Å². The van der Waals surface area contributed by atoms with Crippen molar-refractivity contribution in [3.8, 4) is 44.5 Å². The van der Waals surface area contributed by atoms with Crippen molar-refractivity contribution in [2.75, 3.05) is 0 Å². The molecule has 0 spiro atoms. The summed E-state index contributed by atoms with van der Waals surface area (Å²) in [5.41, 5.74) is 9.13. The van der Waals surface area contributed by atoms with E-state index in [9.17, 15) is 0 Å². The molecule has 0 bridgehead atoms. The fraction of sp³-hybridized carbons (Fsp3) is 0.167. The van der Waals surface area contributed by atoms with Crippen LogP contribution in [0, 0.1) is 51.0 Å². The molecule has 4 heteroatoms. The van der Waals surface area contributed by atoms with E-state index in [1.54, 1.807) is 13.8 Å². The number of halogens is 4. The minimum Gasteiger partial charge on any atom is -0.203 e. The summed E-state index contributed by atoms with van der Waals surface area (Å²) in [4.78, 5) is 0. The average Bonchev–Trinajstić information content (AvgIpc) is 3.49. The molecule has 0 saturated heterocycles. The second kappa shape index (κ2) is 8.66. The second-order valence-electron chi connectivity index (χ2n) is 11.1. The van der Waals surface area contributed by atoms with Crippen LogP contribution in [-0.4, -0.2) is 0 Å². The van der Waals surface area contributed by atoms with Gasteiger partial charge in [-0.05, 0) is 118 Å². The summed E-state index contributed by atoms with van der Waals surface area (Å²) in [7, 11) is 0. The summed E-state index contributed by atoms with van der Waals surface area (Å²) >= 11 is 0. The van der Waals surface area contributed by atoms with Gasteiger partial charge in [-0.3, -0.25) is 0 Å². The summed E-state index contributed by atoms with van der Waals surface area (Å²) in [6, 6.07) is 19.5. The van der Waals surface area contributed by atoms with E-state index < -0.39 is 34.4 Å². The lowest BCUT2D eigenvalue weighted by Gasteiger charge is -2.21. The van der Waals surface area contributed by atoms with E-state index in [-0.39, 0.29) is 11.1 Å². The predicted octanol–water partition coefficient (Wildman–Crippen LogP) is 9.95. The van der Waals surface area contributed by atoms with Gasteiger partial charge in [-0.1, -0.05) is 60.7 Å². The van der Waals surface area contributed by atoms with E-state index in [2.05, 4.69) is 0 Å². The van der Waals surface area contributed by atoms with Crippen molar-refractivity contribution in [1.29, 1.82) is 0 Å². The van der Waals surface area contributed by atoms with Crippen LogP contribution < -0.4 is 0 Å². The second-order valence-corrected chi connectivity index (χ2v) is 11.1. The molecule has 5 aromatic carbocycles. The molecule has 0 radical (unpaired) electrons. The number of benzene rings is 5. The first kappa shape index (κ1) is 24.8. The van der Waals surface area contributed by atoms with E-state index in [4.69, 9.17) is 0 Å². The summed E-state index contributed by atoms with van der Waals surface area (Å²) in [6.07, 6.45) is 0.878. The maximum absolute atomic E-state index is 16.2. The lowest BCUT2D eigenvalue weighted by Crippen LogP contribution is -2.08. The molecule has 0 aliphatic heterocycles. The molecular formula is C36H26F4. The number of fused-ring (bicyclic) bond motifs is 6. The SMILES string of the molecule is Cc1cc2c(c(-c3c(F)c(F)c(-c4c(C)c(C)cc5c4Cc4ccccc4-5)c(F)c3F)c1C)Cc1ccccc1-2. The molecule has 0 saturated carbocycles. The highest BCUT2D eigenvalue weighted by Gasteiger charge is 2.35. The normalized spacial score (nSPS) is 12.8. The summed E-state index contributed by atoms with van der Waals surface area (Å²) < 4.78 is 65.0. The summed E-state index contributed by atoms with van der Waals surface area (Å²) in [6.45, 7) is 7.22. The van der Waals surface area contributed by atoms with E-state index in [0.29, 0.717) is 35.1 Å². The Hall–Kier alpha value is -4.18. The fourth-order valence-corrected chi connectivity index (χ4v) is 6.79. The zero-order chi connectivity index (χ0) is 28.0. The first-order valence-electron chi connectivity index (χ1n) is 13.5. The molecular weight excluding hydrogens is 508 g/mol. The third kappa shape index (κ3) is 3.25. The van der Waals surface area contributed by atoms with Gasteiger partial charge in [0, 0.05) is 0 Å². The van der Waals surface area contributed by atoms with E-state index in [0.717, 1.165) is 44.5 Å². The average molecular weight is 535 g/mol. The highest BCUT2D eigenvalue weighted by molar-refractivity contribution is 5.91. The van der Waals surface area contributed by atoms with Crippen LogP contribution in [0.1, 0.15) is 44.5 Å². The summed E-state index contributed by atoms with van der Waals surface area (Å²) in [5.74, 6) is -5.42. The smallest absolute Gasteiger partial charge is 0.170 e. The minimum atomic E-state index is -1.36. The Morgan fingerprint density at radius 1 is 0.450 bits per heavy atom. The topological polar surface area (TPSA) is 0 Å². The van der Waals surface area contributed by atoms with Crippen molar-refractivity contribution in [3.63, 3.8) is 0 Å². The van der Waals surface area contributed by atoms with Crippen LogP contribution in [0.5, 0.6) is 0 Å². The molecule has 0 fully saturated rings. The highest BCUT2D eigenvalue weighted by Crippen LogP contribution is 2.50. The minimum absolute atomic E-state index is 0.240. The Morgan fingerprint density at radius 2 is 0.800 bits per heavy atom. The number of aryl methyl sites for hydroxylation is 2. The van der Waals surface area contributed by atoms with E-state index in [1.807, 2.05) is 74.5 Å². The number of hydrogen-bond donors (Lipinski definition) is 0. The largest absolute Gasteiger partial charge is 0.203 e. The van der Waals surface area contributed by atoms with Gasteiger partial charge < -0.3 is 0 Å². The molecule has 0 atom stereocenters.